The van der Waals surface area contributed by atoms with Crippen molar-refractivity contribution in [1.29, 1.82) is 0 Å². The lowest BCUT2D eigenvalue weighted by molar-refractivity contribution is -0.122. The highest BCUT2D eigenvalue weighted by molar-refractivity contribution is 5.93. The number of aryl methyl sites for hydroxylation is 1. The molecule has 1 N–H and O–H groups in total. The van der Waals surface area contributed by atoms with Gasteiger partial charge in [0.1, 0.15) is 23.9 Å². The van der Waals surface area contributed by atoms with Crippen LogP contribution in [0.1, 0.15) is 18.2 Å². The van der Waals surface area contributed by atoms with E-state index in [-0.39, 0.29) is 5.91 Å². The molecule has 0 saturated heterocycles. The van der Waals surface area contributed by atoms with Gasteiger partial charge in [0.05, 0.1) is 0 Å². The SMILES string of the molecule is Cc1cc(NC(=O)C(C)Oc2ccc(OCc3ccccc3)cc2)no1. The molecule has 1 amide bonds. The van der Waals surface area contributed by atoms with Gasteiger partial charge in [-0.2, -0.15) is 0 Å². The summed E-state index contributed by atoms with van der Waals surface area (Å²) in [5.74, 6) is 2.00. The molecule has 3 aromatic rings. The summed E-state index contributed by atoms with van der Waals surface area (Å²) in [6.07, 6.45) is -0.678. The topological polar surface area (TPSA) is 73.6 Å². The molecule has 6 nitrogen and oxygen atoms in total. The van der Waals surface area contributed by atoms with E-state index in [0.29, 0.717) is 23.9 Å². The van der Waals surface area contributed by atoms with Crippen molar-refractivity contribution in [3.05, 3.63) is 72.0 Å². The lowest BCUT2D eigenvalue weighted by atomic mass is 10.2. The second kappa shape index (κ2) is 8.20. The minimum atomic E-state index is -0.678. The van der Waals surface area contributed by atoms with Crippen LogP contribution in [0.4, 0.5) is 5.82 Å². The Morgan fingerprint density at radius 1 is 1.12 bits per heavy atom. The third-order valence-corrected chi connectivity index (χ3v) is 3.63. The van der Waals surface area contributed by atoms with E-state index in [4.69, 9.17) is 14.0 Å². The van der Waals surface area contributed by atoms with Crippen molar-refractivity contribution in [2.45, 2.75) is 26.6 Å². The first-order valence-corrected chi connectivity index (χ1v) is 8.28. The Kier molecular flexibility index (Phi) is 5.53. The summed E-state index contributed by atoms with van der Waals surface area (Å²) in [7, 11) is 0. The molecule has 1 aromatic heterocycles. The minimum absolute atomic E-state index is 0.303. The van der Waals surface area contributed by atoms with Crippen LogP contribution in [0.25, 0.3) is 0 Å². The highest BCUT2D eigenvalue weighted by Crippen LogP contribution is 2.20. The van der Waals surface area contributed by atoms with Gasteiger partial charge in [0, 0.05) is 6.07 Å². The molecule has 3 rings (SSSR count). The maximum atomic E-state index is 12.1. The van der Waals surface area contributed by atoms with Crippen LogP contribution >= 0.6 is 0 Å². The molecule has 0 bridgehead atoms. The summed E-state index contributed by atoms with van der Waals surface area (Å²) in [5.41, 5.74) is 1.10. The van der Waals surface area contributed by atoms with Crippen LogP contribution in [0.3, 0.4) is 0 Å². The smallest absolute Gasteiger partial charge is 0.266 e. The molecule has 1 heterocycles. The van der Waals surface area contributed by atoms with E-state index in [1.54, 1.807) is 32.0 Å². The number of amides is 1. The Balaban J connectivity index is 1.50. The molecular formula is C20H20N2O4. The van der Waals surface area contributed by atoms with Crippen molar-refractivity contribution in [2.24, 2.45) is 0 Å². The van der Waals surface area contributed by atoms with Crippen LogP contribution in [0, 0.1) is 6.92 Å². The number of nitrogens with one attached hydrogen (secondary N) is 1. The lowest BCUT2D eigenvalue weighted by Gasteiger charge is -2.14. The van der Waals surface area contributed by atoms with Gasteiger partial charge in [-0.25, -0.2) is 0 Å². The number of benzene rings is 2. The van der Waals surface area contributed by atoms with Gasteiger partial charge in [-0.3, -0.25) is 4.79 Å². The average molecular weight is 352 g/mol. The quantitative estimate of drug-likeness (QED) is 0.696. The number of hydrogen-bond donors (Lipinski definition) is 1. The number of nitrogens with zero attached hydrogens (tertiary/aromatic N) is 1. The molecule has 26 heavy (non-hydrogen) atoms. The highest BCUT2D eigenvalue weighted by atomic mass is 16.5. The highest BCUT2D eigenvalue weighted by Gasteiger charge is 2.16. The Morgan fingerprint density at radius 3 is 2.46 bits per heavy atom. The third-order valence-electron chi connectivity index (χ3n) is 3.63. The van der Waals surface area contributed by atoms with Gasteiger partial charge < -0.3 is 19.3 Å². The zero-order valence-electron chi connectivity index (χ0n) is 14.6. The Morgan fingerprint density at radius 2 is 1.81 bits per heavy atom. The molecular weight excluding hydrogens is 332 g/mol. The van der Waals surface area contributed by atoms with Crippen molar-refractivity contribution in [1.82, 2.24) is 5.16 Å². The molecule has 1 atom stereocenters. The van der Waals surface area contributed by atoms with E-state index in [9.17, 15) is 4.79 Å². The fraction of sp³-hybridized carbons (Fsp3) is 0.200. The number of ether oxygens (including phenoxy) is 2. The lowest BCUT2D eigenvalue weighted by Crippen LogP contribution is -2.30. The molecule has 0 spiro atoms. The van der Waals surface area contributed by atoms with Gasteiger partial charge in [0.2, 0.25) is 0 Å². The van der Waals surface area contributed by atoms with Gasteiger partial charge >= 0.3 is 0 Å². The van der Waals surface area contributed by atoms with Gasteiger partial charge in [0.25, 0.3) is 5.91 Å². The van der Waals surface area contributed by atoms with Crippen LogP contribution in [0.15, 0.2) is 65.2 Å². The normalized spacial score (nSPS) is 11.6. The van der Waals surface area contributed by atoms with Crippen LogP contribution in [0.2, 0.25) is 0 Å². The summed E-state index contributed by atoms with van der Waals surface area (Å²) in [6.45, 7) is 3.92. The fourth-order valence-corrected chi connectivity index (χ4v) is 2.27. The van der Waals surface area contributed by atoms with Crippen LogP contribution < -0.4 is 14.8 Å². The summed E-state index contributed by atoms with van der Waals surface area (Å²) >= 11 is 0. The van der Waals surface area contributed by atoms with Crippen molar-refractivity contribution >= 4 is 11.7 Å². The predicted octanol–water partition coefficient (Wildman–Crippen LogP) is 3.97. The fourth-order valence-electron chi connectivity index (χ4n) is 2.27. The molecule has 134 valence electrons. The first-order chi connectivity index (χ1) is 12.6. The van der Waals surface area contributed by atoms with Crippen molar-refractivity contribution in [2.75, 3.05) is 5.32 Å². The standard InChI is InChI=1S/C20H20N2O4/c1-14-12-19(22-26-14)21-20(23)15(2)25-18-10-8-17(9-11-18)24-13-16-6-4-3-5-7-16/h3-12,15H,13H2,1-2H3,(H,21,22,23). The van der Waals surface area contributed by atoms with E-state index >= 15 is 0 Å². The van der Waals surface area contributed by atoms with Gasteiger partial charge in [-0.1, -0.05) is 35.5 Å². The van der Waals surface area contributed by atoms with E-state index in [2.05, 4.69) is 10.5 Å². The first kappa shape index (κ1) is 17.5. The second-order valence-corrected chi connectivity index (χ2v) is 5.82. The first-order valence-electron chi connectivity index (χ1n) is 8.28. The summed E-state index contributed by atoms with van der Waals surface area (Å²) in [6, 6.07) is 18.7. The molecule has 0 radical (unpaired) electrons. The van der Waals surface area contributed by atoms with E-state index < -0.39 is 6.10 Å². The van der Waals surface area contributed by atoms with Gasteiger partial charge in [-0.05, 0) is 43.7 Å². The number of carbonyl (C=O) groups excluding carboxylic acids is 1. The average Bonchev–Trinajstić information content (AvgIpc) is 3.06. The zero-order chi connectivity index (χ0) is 18.4. The maximum Gasteiger partial charge on any atom is 0.266 e. The number of hydrogen-bond acceptors (Lipinski definition) is 5. The second-order valence-electron chi connectivity index (χ2n) is 5.82. The van der Waals surface area contributed by atoms with Crippen LogP contribution in [0.5, 0.6) is 11.5 Å². The van der Waals surface area contributed by atoms with Crippen LogP contribution in [-0.2, 0) is 11.4 Å². The molecule has 0 saturated carbocycles. The Labute approximate surface area is 151 Å². The Hall–Kier alpha value is -3.28. The maximum absolute atomic E-state index is 12.1. The third kappa shape index (κ3) is 4.86. The molecule has 0 aliphatic heterocycles. The summed E-state index contributed by atoms with van der Waals surface area (Å²) in [4.78, 5) is 12.1. The molecule has 0 fully saturated rings. The molecule has 6 heteroatoms. The molecule has 0 aliphatic carbocycles. The summed E-state index contributed by atoms with van der Waals surface area (Å²) in [5, 5.41) is 6.36. The summed E-state index contributed by atoms with van der Waals surface area (Å²) < 4.78 is 16.3. The van der Waals surface area contributed by atoms with Gasteiger partial charge in [0.15, 0.2) is 11.9 Å². The van der Waals surface area contributed by atoms with Crippen LogP contribution in [-0.4, -0.2) is 17.2 Å². The van der Waals surface area contributed by atoms with Crippen molar-refractivity contribution in [3.8, 4) is 11.5 Å². The molecule has 2 aromatic carbocycles. The van der Waals surface area contributed by atoms with E-state index in [1.807, 2.05) is 42.5 Å². The predicted molar refractivity (Wildman–Crippen MR) is 97.2 cm³/mol. The monoisotopic (exact) mass is 352 g/mol. The van der Waals surface area contributed by atoms with Crippen molar-refractivity contribution < 1.29 is 18.8 Å². The number of carbonyl (C=O) groups is 1. The molecule has 0 aliphatic rings. The number of anilines is 1. The minimum Gasteiger partial charge on any atom is -0.489 e. The van der Waals surface area contributed by atoms with Gasteiger partial charge in [-0.15, -0.1) is 0 Å². The van der Waals surface area contributed by atoms with E-state index in [0.717, 1.165) is 11.3 Å². The molecule has 1 unspecified atom stereocenters. The van der Waals surface area contributed by atoms with Crippen molar-refractivity contribution in [3.63, 3.8) is 0 Å². The Bertz CT molecular complexity index is 844. The largest absolute Gasteiger partial charge is 0.489 e. The number of rotatable bonds is 7. The zero-order valence-corrected chi connectivity index (χ0v) is 14.6. The number of aromatic nitrogens is 1. The van der Waals surface area contributed by atoms with E-state index in [1.165, 1.54) is 0 Å².